The average molecular weight is 371 g/mol. The minimum atomic E-state index is -0.0737. The van der Waals surface area contributed by atoms with Gasteiger partial charge in [-0.15, -0.1) is 10.2 Å². The summed E-state index contributed by atoms with van der Waals surface area (Å²) in [5, 5.41) is 19.1. The maximum absolute atomic E-state index is 11.9. The molecule has 0 saturated heterocycles. The van der Waals surface area contributed by atoms with Crippen LogP contribution < -0.4 is 10.6 Å². The molecule has 8 heteroatoms. The van der Waals surface area contributed by atoms with E-state index in [-0.39, 0.29) is 12.3 Å². The molecule has 0 fully saturated rings. The van der Waals surface area contributed by atoms with Gasteiger partial charge in [0.1, 0.15) is 5.82 Å². The van der Waals surface area contributed by atoms with Crippen LogP contribution in [-0.2, 0) is 11.2 Å². The lowest BCUT2D eigenvalue weighted by Gasteiger charge is -2.08. The Morgan fingerprint density at radius 3 is 2.65 bits per heavy atom. The molecule has 2 N–H and O–H groups in total. The van der Waals surface area contributed by atoms with E-state index < -0.39 is 0 Å². The zero-order valence-corrected chi connectivity index (χ0v) is 15.1. The molecule has 0 unspecified atom stereocenters. The lowest BCUT2D eigenvalue weighted by atomic mass is 10.1. The van der Waals surface area contributed by atoms with E-state index in [1.54, 1.807) is 10.7 Å². The zero-order chi connectivity index (χ0) is 18.4. The van der Waals surface area contributed by atoms with Crippen molar-refractivity contribution < 1.29 is 4.79 Å². The van der Waals surface area contributed by atoms with Gasteiger partial charge in [0.2, 0.25) is 5.91 Å². The Morgan fingerprint density at radius 2 is 1.96 bits per heavy atom. The highest BCUT2D eigenvalue weighted by atomic mass is 35.5. The van der Waals surface area contributed by atoms with Gasteiger partial charge >= 0.3 is 0 Å². The fourth-order valence-electron chi connectivity index (χ4n) is 2.35. The summed E-state index contributed by atoms with van der Waals surface area (Å²) < 4.78 is 1.67. The van der Waals surface area contributed by atoms with Crippen LogP contribution in [0.15, 0.2) is 48.7 Å². The largest absolute Gasteiger partial charge is 0.367 e. The van der Waals surface area contributed by atoms with Crippen LogP contribution in [-0.4, -0.2) is 39.0 Å². The molecule has 0 spiro atoms. The summed E-state index contributed by atoms with van der Waals surface area (Å²) in [6.07, 6.45) is 2.10. The number of carbonyl (C=O) groups is 1. The minimum Gasteiger partial charge on any atom is -0.367 e. The molecule has 3 aromatic rings. The fourth-order valence-corrected chi connectivity index (χ4v) is 2.56. The molecule has 134 valence electrons. The Hall–Kier alpha value is -2.93. The molecule has 7 nitrogen and oxygen atoms in total. The van der Waals surface area contributed by atoms with Crippen molar-refractivity contribution >= 4 is 23.3 Å². The van der Waals surface area contributed by atoms with Gasteiger partial charge in [0.25, 0.3) is 0 Å². The highest BCUT2D eigenvalue weighted by molar-refractivity contribution is 6.31. The van der Waals surface area contributed by atoms with Crippen LogP contribution in [0.5, 0.6) is 0 Å². The molecule has 0 aliphatic rings. The van der Waals surface area contributed by atoms with Crippen LogP contribution in [0.3, 0.4) is 0 Å². The van der Waals surface area contributed by atoms with E-state index in [0.717, 1.165) is 11.3 Å². The van der Waals surface area contributed by atoms with Crippen LogP contribution in [0.4, 0.5) is 5.82 Å². The first kappa shape index (κ1) is 17.9. The van der Waals surface area contributed by atoms with Crippen molar-refractivity contribution in [2.24, 2.45) is 0 Å². The number of carbonyl (C=O) groups excluding carboxylic acids is 1. The molecule has 3 rings (SSSR count). The van der Waals surface area contributed by atoms with Crippen molar-refractivity contribution in [3.05, 3.63) is 64.9 Å². The first-order valence-electron chi connectivity index (χ1n) is 8.22. The van der Waals surface area contributed by atoms with E-state index in [1.807, 2.05) is 49.5 Å². The van der Waals surface area contributed by atoms with Crippen molar-refractivity contribution in [3.8, 4) is 5.82 Å². The second kappa shape index (κ2) is 8.44. The number of halogens is 1. The first-order valence-corrected chi connectivity index (χ1v) is 8.60. The maximum atomic E-state index is 11.9. The third kappa shape index (κ3) is 4.80. The van der Waals surface area contributed by atoms with Gasteiger partial charge < -0.3 is 10.6 Å². The number of rotatable bonds is 7. The number of benzene rings is 1. The van der Waals surface area contributed by atoms with Crippen molar-refractivity contribution in [2.45, 2.75) is 13.3 Å². The number of nitrogens with zero attached hydrogens (tertiary/aromatic N) is 4. The summed E-state index contributed by atoms with van der Waals surface area (Å²) in [5.41, 5.74) is 1.73. The molecule has 2 aromatic heterocycles. The summed E-state index contributed by atoms with van der Waals surface area (Å²) >= 11 is 6.05. The molecular weight excluding hydrogens is 352 g/mol. The summed E-state index contributed by atoms with van der Waals surface area (Å²) in [6, 6.07) is 12.9. The van der Waals surface area contributed by atoms with Gasteiger partial charge in [0.05, 0.1) is 12.1 Å². The number of hydrogen-bond donors (Lipinski definition) is 2. The van der Waals surface area contributed by atoms with E-state index in [0.29, 0.717) is 29.7 Å². The van der Waals surface area contributed by atoms with E-state index in [1.165, 1.54) is 0 Å². The quantitative estimate of drug-likeness (QED) is 0.624. The number of nitrogens with one attached hydrogen (secondary N) is 2. The highest BCUT2D eigenvalue weighted by Gasteiger charge is 2.06. The van der Waals surface area contributed by atoms with E-state index in [4.69, 9.17) is 11.6 Å². The van der Waals surface area contributed by atoms with Gasteiger partial charge in [0, 0.05) is 24.3 Å². The number of aryl methyl sites for hydroxylation is 1. The van der Waals surface area contributed by atoms with Crippen molar-refractivity contribution in [1.82, 2.24) is 25.3 Å². The van der Waals surface area contributed by atoms with Crippen LogP contribution in [0.1, 0.15) is 11.3 Å². The van der Waals surface area contributed by atoms with Crippen molar-refractivity contribution in [1.29, 1.82) is 0 Å². The monoisotopic (exact) mass is 370 g/mol. The first-order chi connectivity index (χ1) is 12.6. The number of anilines is 1. The van der Waals surface area contributed by atoms with Gasteiger partial charge in [-0.3, -0.25) is 4.79 Å². The number of amides is 1. The molecule has 0 bridgehead atoms. The van der Waals surface area contributed by atoms with Crippen molar-refractivity contribution in [2.75, 3.05) is 18.4 Å². The molecule has 0 atom stereocenters. The predicted octanol–water partition coefficient (Wildman–Crippen LogP) is 2.39. The Bertz CT molecular complexity index is 877. The molecule has 2 heterocycles. The fraction of sp³-hybridized carbons (Fsp3) is 0.222. The standard InChI is InChI=1S/C18H19ClN6O/c1-13-8-11-25(24-13)17-7-6-16(22-23-17)20-9-10-21-18(26)12-14-4-2-3-5-15(14)19/h2-8,11H,9-10,12H2,1H3,(H,20,22)(H,21,26). The Labute approximate surface area is 156 Å². The van der Waals surface area contributed by atoms with Crippen LogP contribution in [0.2, 0.25) is 5.02 Å². The summed E-state index contributed by atoms with van der Waals surface area (Å²) in [6.45, 7) is 2.94. The lowest BCUT2D eigenvalue weighted by molar-refractivity contribution is -0.120. The Morgan fingerprint density at radius 1 is 1.12 bits per heavy atom. The van der Waals surface area contributed by atoms with Gasteiger partial charge in [-0.05, 0) is 36.8 Å². The molecular formula is C18H19ClN6O. The van der Waals surface area contributed by atoms with Crippen LogP contribution in [0, 0.1) is 6.92 Å². The van der Waals surface area contributed by atoms with Crippen LogP contribution in [0.25, 0.3) is 5.82 Å². The highest BCUT2D eigenvalue weighted by Crippen LogP contribution is 2.15. The Kier molecular flexibility index (Phi) is 5.80. The molecule has 0 aliphatic carbocycles. The average Bonchev–Trinajstić information content (AvgIpc) is 3.08. The topological polar surface area (TPSA) is 84.7 Å². The third-order valence-electron chi connectivity index (χ3n) is 3.67. The molecule has 1 aromatic carbocycles. The molecule has 0 aliphatic heterocycles. The number of aromatic nitrogens is 4. The molecule has 1 amide bonds. The summed E-state index contributed by atoms with van der Waals surface area (Å²) in [7, 11) is 0. The second-order valence-corrected chi connectivity index (χ2v) is 6.13. The zero-order valence-electron chi connectivity index (χ0n) is 14.3. The van der Waals surface area contributed by atoms with E-state index >= 15 is 0 Å². The van der Waals surface area contributed by atoms with E-state index in [9.17, 15) is 4.79 Å². The smallest absolute Gasteiger partial charge is 0.224 e. The van der Waals surface area contributed by atoms with Crippen molar-refractivity contribution in [3.63, 3.8) is 0 Å². The molecule has 26 heavy (non-hydrogen) atoms. The molecule has 0 saturated carbocycles. The summed E-state index contributed by atoms with van der Waals surface area (Å²) in [4.78, 5) is 11.9. The van der Waals surface area contributed by atoms with Gasteiger partial charge in [-0.2, -0.15) is 5.10 Å². The van der Waals surface area contributed by atoms with Gasteiger partial charge in [-0.25, -0.2) is 4.68 Å². The third-order valence-corrected chi connectivity index (χ3v) is 4.04. The normalized spacial score (nSPS) is 10.5. The SMILES string of the molecule is Cc1ccn(-c2ccc(NCCNC(=O)Cc3ccccc3Cl)nn2)n1. The predicted molar refractivity (Wildman–Crippen MR) is 101 cm³/mol. The van der Waals surface area contributed by atoms with Crippen LogP contribution >= 0.6 is 11.6 Å². The second-order valence-electron chi connectivity index (χ2n) is 5.72. The van der Waals surface area contributed by atoms with Gasteiger partial charge in [0.15, 0.2) is 5.82 Å². The minimum absolute atomic E-state index is 0.0737. The Balaban J connectivity index is 1.42. The molecule has 0 radical (unpaired) electrons. The maximum Gasteiger partial charge on any atom is 0.224 e. The number of hydrogen-bond acceptors (Lipinski definition) is 5. The summed E-state index contributed by atoms with van der Waals surface area (Å²) in [5.74, 6) is 1.21. The van der Waals surface area contributed by atoms with Gasteiger partial charge in [-0.1, -0.05) is 29.8 Å². The lowest BCUT2D eigenvalue weighted by Crippen LogP contribution is -2.30. The van der Waals surface area contributed by atoms with E-state index in [2.05, 4.69) is 25.9 Å².